The number of nitrogens with one attached hydrogen (secondary N) is 1. The number of hydrogen-bond donors (Lipinski definition) is 1. The Kier molecular flexibility index (Phi) is 7.25. The van der Waals surface area contributed by atoms with E-state index < -0.39 is 0 Å². The molecule has 118 valence electrons. The molecule has 0 aromatic heterocycles. The van der Waals surface area contributed by atoms with Crippen molar-refractivity contribution >= 4 is 0 Å². The molecule has 0 aliphatic heterocycles. The summed E-state index contributed by atoms with van der Waals surface area (Å²) in [6.45, 7) is 6.67. The maximum absolute atomic E-state index is 3.43. The number of rotatable bonds is 8. The summed E-state index contributed by atoms with van der Waals surface area (Å²) in [5.74, 6) is 0.928. The van der Waals surface area contributed by atoms with Crippen LogP contribution in [0.3, 0.4) is 0 Å². The standard InChI is InChI=1S/C19H32N2/c1-3-20-14-13-18-11-7-8-12-19(18)16-21(2)15-17-9-5-4-6-10-17/h7-8,11-12,17,20H,3-6,9-10,13-16H2,1-2H3. The maximum atomic E-state index is 3.43. The van der Waals surface area contributed by atoms with Crippen LogP contribution in [0.2, 0.25) is 0 Å². The molecule has 0 unspecified atom stereocenters. The topological polar surface area (TPSA) is 15.3 Å². The van der Waals surface area contributed by atoms with Crippen LogP contribution < -0.4 is 5.32 Å². The molecule has 0 amide bonds. The molecule has 0 heterocycles. The van der Waals surface area contributed by atoms with E-state index in [0.29, 0.717) is 0 Å². The molecule has 2 nitrogen and oxygen atoms in total. The Bertz CT molecular complexity index is 396. The van der Waals surface area contributed by atoms with E-state index in [1.54, 1.807) is 0 Å². The van der Waals surface area contributed by atoms with E-state index >= 15 is 0 Å². The van der Waals surface area contributed by atoms with Crippen molar-refractivity contribution in [2.45, 2.75) is 52.0 Å². The van der Waals surface area contributed by atoms with Gasteiger partial charge < -0.3 is 10.2 Å². The average molecular weight is 288 g/mol. The van der Waals surface area contributed by atoms with Crippen LogP contribution in [0.25, 0.3) is 0 Å². The highest BCUT2D eigenvalue weighted by Crippen LogP contribution is 2.24. The molecule has 1 aliphatic carbocycles. The smallest absolute Gasteiger partial charge is 0.0233 e. The molecule has 0 bridgehead atoms. The van der Waals surface area contributed by atoms with Crippen LogP contribution in [0.15, 0.2) is 24.3 Å². The lowest BCUT2D eigenvalue weighted by atomic mass is 9.89. The Morgan fingerprint density at radius 1 is 1.10 bits per heavy atom. The molecule has 1 aliphatic rings. The average Bonchev–Trinajstić information content (AvgIpc) is 2.50. The first-order chi connectivity index (χ1) is 10.3. The van der Waals surface area contributed by atoms with Crippen LogP contribution in [0.1, 0.15) is 50.2 Å². The van der Waals surface area contributed by atoms with Crippen molar-refractivity contribution < 1.29 is 0 Å². The summed E-state index contributed by atoms with van der Waals surface area (Å²) in [6.07, 6.45) is 8.35. The van der Waals surface area contributed by atoms with Gasteiger partial charge in [0.1, 0.15) is 0 Å². The van der Waals surface area contributed by atoms with E-state index in [2.05, 4.69) is 48.5 Å². The summed E-state index contributed by atoms with van der Waals surface area (Å²) in [6, 6.07) is 8.95. The molecule has 2 rings (SSSR count). The van der Waals surface area contributed by atoms with Crippen LogP contribution in [0.5, 0.6) is 0 Å². The second-order valence-electron chi connectivity index (χ2n) is 6.57. The zero-order valence-electron chi connectivity index (χ0n) is 13.9. The zero-order chi connectivity index (χ0) is 14.9. The zero-order valence-corrected chi connectivity index (χ0v) is 13.9. The summed E-state index contributed by atoms with van der Waals surface area (Å²) in [7, 11) is 2.29. The first-order valence-electron chi connectivity index (χ1n) is 8.75. The lowest BCUT2D eigenvalue weighted by Gasteiger charge is -2.27. The van der Waals surface area contributed by atoms with Crippen molar-refractivity contribution in [2.75, 3.05) is 26.7 Å². The van der Waals surface area contributed by atoms with Gasteiger partial charge in [-0.25, -0.2) is 0 Å². The molecule has 0 saturated heterocycles. The lowest BCUT2D eigenvalue weighted by molar-refractivity contribution is 0.227. The maximum Gasteiger partial charge on any atom is 0.0233 e. The van der Waals surface area contributed by atoms with E-state index in [9.17, 15) is 0 Å². The van der Waals surface area contributed by atoms with Crippen molar-refractivity contribution in [3.63, 3.8) is 0 Å². The van der Waals surface area contributed by atoms with Gasteiger partial charge in [0.15, 0.2) is 0 Å². The van der Waals surface area contributed by atoms with E-state index in [1.807, 2.05) is 0 Å². The van der Waals surface area contributed by atoms with Gasteiger partial charge >= 0.3 is 0 Å². The fraction of sp³-hybridized carbons (Fsp3) is 0.684. The minimum Gasteiger partial charge on any atom is -0.317 e. The Morgan fingerprint density at radius 3 is 2.52 bits per heavy atom. The van der Waals surface area contributed by atoms with Gasteiger partial charge in [0.25, 0.3) is 0 Å². The Morgan fingerprint density at radius 2 is 1.81 bits per heavy atom. The first kappa shape index (κ1) is 16.5. The first-order valence-corrected chi connectivity index (χ1v) is 8.75. The predicted molar refractivity (Wildman–Crippen MR) is 91.6 cm³/mol. The number of nitrogens with zero attached hydrogens (tertiary/aromatic N) is 1. The molecule has 2 heteroatoms. The van der Waals surface area contributed by atoms with Crippen LogP contribution in [0, 0.1) is 5.92 Å². The third-order valence-electron chi connectivity index (χ3n) is 4.67. The molecule has 0 radical (unpaired) electrons. The normalized spacial score (nSPS) is 16.5. The van der Waals surface area contributed by atoms with Gasteiger partial charge in [0, 0.05) is 13.1 Å². The van der Waals surface area contributed by atoms with Gasteiger partial charge in [-0.05, 0) is 56.4 Å². The monoisotopic (exact) mass is 288 g/mol. The third-order valence-corrected chi connectivity index (χ3v) is 4.67. The van der Waals surface area contributed by atoms with Crippen molar-refractivity contribution in [1.29, 1.82) is 0 Å². The molecular weight excluding hydrogens is 256 g/mol. The molecule has 1 saturated carbocycles. The number of likely N-dealkylation sites (N-methyl/N-ethyl adjacent to an activating group) is 1. The summed E-state index contributed by atoms with van der Waals surface area (Å²) >= 11 is 0. The van der Waals surface area contributed by atoms with E-state index in [1.165, 1.54) is 49.8 Å². The van der Waals surface area contributed by atoms with E-state index in [-0.39, 0.29) is 0 Å². The van der Waals surface area contributed by atoms with E-state index in [0.717, 1.165) is 32.0 Å². The van der Waals surface area contributed by atoms with Crippen LogP contribution >= 0.6 is 0 Å². The van der Waals surface area contributed by atoms with Crippen LogP contribution in [-0.2, 0) is 13.0 Å². The highest BCUT2D eigenvalue weighted by Gasteiger charge is 2.15. The van der Waals surface area contributed by atoms with E-state index in [4.69, 9.17) is 0 Å². The van der Waals surface area contributed by atoms with Crippen molar-refractivity contribution in [2.24, 2.45) is 5.92 Å². The van der Waals surface area contributed by atoms with Gasteiger partial charge in [-0.15, -0.1) is 0 Å². The Balaban J connectivity index is 1.85. The lowest BCUT2D eigenvalue weighted by Crippen LogP contribution is -2.27. The van der Waals surface area contributed by atoms with Gasteiger partial charge in [-0.1, -0.05) is 50.5 Å². The summed E-state index contributed by atoms with van der Waals surface area (Å²) in [4.78, 5) is 2.53. The predicted octanol–water partition coefficient (Wildman–Crippen LogP) is 3.85. The molecule has 1 aromatic carbocycles. The summed E-state index contributed by atoms with van der Waals surface area (Å²) < 4.78 is 0. The van der Waals surface area contributed by atoms with Crippen molar-refractivity contribution in [1.82, 2.24) is 10.2 Å². The summed E-state index contributed by atoms with van der Waals surface area (Å²) in [5.41, 5.74) is 3.02. The number of hydrogen-bond acceptors (Lipinski definition) is 2. The highest BCUT2D eigenvalue weighted by atomic mass is 15.1. The minimum atomic E-state index is 0.928. The highest BCUT2D eigenvalue weighted by molar-refractivity contribution is 5.27. The van der Waals surface area contributed by atoms with Gasteiger partial charge in [-0.3, -0.25) is 0 Å². The molecule has 0 spiro atoms. The molecule has 1 N–H and O–H groups in total. The Labute approximate surface area is 130 Å². The molecule has 1 fully saturated rings. The number of benzene rings is 1. The van der Waals surface area contributed by atoms with Crippen LogP contribution in [0.4, 0.5) is 0 Å². The third kappa shape index (κ3) is 5.80. The Hall–Kier alpha value is -0.860. The fourth-order valence-electron chi connectivity index (χ4n) is 3.52. The summed E-state index contributed by atoms with van der Waals surface area (Å²) in [5, 5.41) is 3.43. The second kappa shape index (κ2) is 9.22. The SMILES string of the molecule is CCNCCc1ccccc1CN(C)CC1CCCCC1. The minimum absolute atomic E-state index is 0.928. The van der Waals surface area contributed by atoms with Gasteiger partial charge in [-0.2, -0.15) is 0 Å². The fourth-order valence-corrected chi connectivity index (χ4v) is 3.52. The van der Waals surface area contributed by atoms with Crippen LogP contribution in [-0.4, -0.2) is 31.6 Å². The second-order valence-corrected chi connectivity index (χ2v) is 6.57. The quantitative estimate of drug-likeness (QED) is 0.731. The van der Waals surface area contributed by atoms with Gasteiger partial charge in [0.05, 0.1) is 0 Å². The van der Waals surface area contributed by atoms with Crippen molar-refractivity contribution in [3.8, 4) is 0 Å². The largest absolute Gasteiger partial charge is 0.317 e. The molecular formula is C19H32N2. The van der Waals surface area contributed by atoms with Crippen molar-refractivity contribution in [3.05, 3.63) is 35.4 Å². The molecule has 1 aromatic rings. The molecule has 21 heavy (non-hydrogen) atoms. The van der Waals surface area contributed by atoms with Gasteiger partial charge in [0.2, 0.25) is 0 Å². The molecule has 0 atom stereocenters.